The summed E-state index contributed by atoms with van der Waals surface area (Å²) in [5.41, 5.74) is 1.76. The summed E-state index contributed by atoms with van der Waals surface area (Å²) in [7, 11) is 0. The van der Waals surface area contributed by atoms with Gasteiger partial charge in [0.05, 0.1) is 10.4 Å². The summed E-state index contributed by atoms with van der Waals surface area (Å²) in [6.45, 7) is 1.01. The summed E-state index contributed by atoms with van der Waals surface area (Å²) in [5.74, 6) is 0. The molecule has 78 valence electrons. The van der Waals surface area contributed by atoms with Crippen molar-refractivity contribution in [3.05, 3.63) is 15.0 Å². The summed E-state index contributed by atoms with van der Waals surface area (Å²) in [6.07, 6.45) is 3.04. The van der Waals surface area contributed by atoms with Crippen LogP contribution in [0.1, 0.15) is 30.2 Å². The largest absolute Gasteiger partial charge is 0.386 e. The van der Waals surface area contributed by atoms with Crippen molar-refractivity contribution in [2.75, 3.05) is 6.54 Å². The van der Waals surface area contributed by atoms with Crippen LogP contribution in [0.3, 0.4) is 0 Å². The fraction of sp³-hybridized carbons (Fsp3) is 0.667. The van der Waals surface area contributed by atoms with Gasteiger partial charge in [0.25, 0.3) is 0 Å². The van der Waals surface area contributed by atoms with Crippen molar-refractivity contribution in [1.82, 2.24) is 10.3 Å². The van der Waals surface area contributed by atoms with Gasteiger partial charge in [-0.1, -0.05) is 6.42 Å². The quantitative estimate of drug-likeness (QED) is 0.870. The van der Waals surface area contributed by atoms with Crippen molar-refractivity contribution in [3.63, 3.8) is 0 Å². The lowest BCUT2D eigenvalue weighted by Gasteiger charge is -2.27. The Kier molecular flexibility index (Phi) is 3.54. The molecule has 1 aromatic rings. The number of hydrogen-bond acceptors (Lipinski definition) is 4. The highest BCUT2D eigenvalue weighted by atomic mass is 79.9. The second-order valence-electron chi connectivity index (χ2n) is 3.51. The maximum absolute atomic E-state index is 10.1. The van der Waals surface area contributed by atoms with Gasteiger partial charge in [0.15, 0.2) is 0 Å². The van der Waals surface area contributed by atoms with Gasteiger partial charge in [-0.15, -0.1) is 11.3 Å². The third kappa shape index (κ3) is 2.16. The van der Waals surface area contributed by atoms with Gasteiger partial charge in [0.2, 0.25) is 0 Å². The third-order valence-electron chi connectivity index (χ3n) is 2.55. The third-order valence-corrected chi connectivity index (χ3v) is 4.34. The first kappa shape index (κ1) is 10.5. The molecule has 1 fully saturated rings. The summed E-state index contributed by atoms with van der Waals surface area (Å²) in [6, 6.07) is 0.195. The minimum atomic E-state index is -0.419. The second kappa shape index (κ2) is 4.70. The summed E-state index contributed by atoms with van der Waals surface area (Å²) >= 11 is 4.85. The van der Waals surface area contributed by atoms with E-state index in [1.165, 1.54) is 24.2 Å². The summed E-state index contributed by atoms with van der Waals surface area (Å²) < 4.78 is 0.780. The monoisotopic (exact) mass is 276 g/mol. The van der Waals surface area contributed by atoms with Crippen molar-refractivity contribution in [2.24, 2.45) is 0 Å². The van der Waals surface area contributed by atoms with Gasteiger partial charge in [-0.2, -0.15) is 0 Å². The fourth-order valence-corrected chi connectivity index (χ4v) is 3.24. The highest BCUT2D eigenvalue weighted by molar-refractivity contribution is 9.10. The first-order chi connectivity index (χ1) is 6.79. The zero-order chi connectivity index (χ0) is 9.97. The molecule has 0 radical (unpaired) electrons. The molecule has 2 heterocycles. The van der Waals surface area contributed by atoms with E-state index in [9.17, 15) is 5.11 Å². The lowest BCUT2D eigenvalue weighted by Crippen LogP contribution is -2.38. The molecule has 3 nitrogen and oxygen atoms in total. The molecule has 0 saturated carbocycles. The van der Waals surface area contributed by atoms with Crippen LogP contribution in [0, 0.1) is 0 Å². The van der Waals surface area contributed by atoms with Gasteiger partial charge in [-0.25, -0.2) is 4.98 Å². The summed E-state index contributed by atoms with van der Waals surface area (Å²) in [4.78, 5) is 5.01. The lowest BCUT2D eigenvalue weighted by atomic mass is 9.99. The molecule has 1 aromatic heterocycles. The highest BCUT2D eigenvalue weighted by Gasteiger charge is 2.25. The molecule has 0 aliphatic carbocycles. The minimum Gasteiger partial charge on any atom is -0.386 e. The van der Waals surface area contributed by atoms with E-state index in [2.05, 4.69) is 26.2 Å². The molecule has 5 heteroatoms. The first-order valence-electron chi connectivity index (χ1n) is 4.79. The molecule has 0 amide bonds. The Morgan fingerprint density at radius 3 is 3.07 bits per heavy atom. The smallest absolute Gasteiger partial charge is 0.122 e. The van der Waals surface area contributed by atoms with E-state index >= 15 is 0 Å². The number of nitrogens with zero attached hydrogens (tertiary/aromatic N) is 1. The SMILES string of the molecule is OC(c1scnc1Br)C1CCCCN1. The Labute approximate surface area is 95.7 Å². The average molecular weight is 277 g/mol. The van der Waals surface area contributed by atoms with Crippen LogP contribution < -0.4 is 5.32 Å². The van der Waals surface area contributed by atoms with Crippen molar-refractivity contribution in [2.45, 2.75) is 31.4 Å². The van der Waals surface area contributed by atoms with E-state index in [0.29, 0.717) is 0 Å². The van der Waals surface area contributed by atoms with Gasteiger partial charge < -0.3 is 10.4 Å². The molecule has 0 aromatic carbocycles. The van der Waals surface area contributed by atoms with Gasteiger partial charge >= 0.3 is 0 Å². The zero-order valence-corrected chi connectivity index (χ0v) is 10.1. The molecule has 2 rings (SSSR count). The Bertz CT molecular complexity index is 299. The number of aromatic nitrogens is 1. The van der Waals surface area contributed by atoms with Crippen LogP contribution in [0.15, 0.2) is 10.1 Å². The number of thiazole rings is 1. The van der Waals surface area contributed by atoms with Crippen molar-refractivity contribution in [1.29, 1.82) is 0 Å². The Hall–Kier alpha value is 0.0300. The molecule has 14 heavy (non-hydrogen) atoms. The van der Waals surface area contributed by atoms with Gasteiger partial charge in [-0.05, 0) is 35.3 Å². The van der Waals surface area contributed by atoms with Crippen LogP contribution in [-0.4, -0.2) is 22.7 Å². The number of piperidine rings is 1. The van der Waals surface area contributed by atoms with E-state index in [0.717, 1.165) is 22.4 Å². The van der Waals surface area contributed by atoms with E-state index in [1.54, 1.807) is 5.51 Å². The average Bonchev–Trinajstić information content (AvgIpc) is 2.65. The minimum absolute atomic E-state index is 0.195. The van der Waals surface area contributed by atoms with Crippen LogP contribution in [0.5, 0.6) is 0 Å². The summed E-state index contributed by atoms with van der Waals surface area (Å²) in [5, 5.41) is 13.4. The van der Waals surface area contributed by atoms with Gasteiger partial charge in [0, 0.05) is 6.04 Å². The number of halogens is 1. The predicted octanol–water partition coefficient (Wildman–Crippen LogP) is 2.08. The van der Waals surface area contributed by atoms with Gasteiger partial charge in [0.1, 0.15) is 10.7 Å². The molecule has 1 aliphatic rings. The van der Waals surface area contributed by atoms with Crippen molar-refractivity contribution >= 4 is 27.3 Å². The van der Waals surface area contributed by atoms with E-state index < -0.39 is 6.10 Å². The number of nitrogens with one attached hydrogen (secondary N) is 1. The van der Waals surface area contributed by atoms with E-state index in [4.69, 9.17) is 0 Å². The van der Waals surface area contributed by atoms with Crippen LogP contribution >= 0.6 is 27.3 Å². The number of hydrogen-bond donors (Lipinski definition) is 2. The second-order valence-corrected chi connectivity index (χ2v) is 5.15. The lowest BCUT2D eigenvalue weighted by molar-refractivity contribution is 0.116. The van der Waals surface area contributed by atoms with Crippen LogP contribution in [-0.2, 0) is 0 Å². The molecule has 2 unspecified atom stereocenters. The van der Waals surface area contributed by atoms with Crippen molar-refractivity contribution < 1.29 is 5.11 Å². The Morgan fingerprint density at radius 2 is 2.50 bits per heavy atom. The fourth-order valence-electron chi connectivity index (χ4n) is 1.76. The number of aliphatic hydroxyl groups excluding tert-OH is 1. The molecule has 0 bridgehead atoms. The molecular weight excluding hydrogens is 264 g/mol. The Balaban J connectivity index is 2.07. The standard InChI is InChI=1S/C9H13BrN2OS/c10-9-8(14-5-12-9)7(13)6-3-1-2-4-11-6/h5-7,11,13H,1-4H2. The normalized spacial score (nSPS) is 24.9. The predicted molar refractivity (Wildman–Crippen MR) is 60.4 cm³/mol. The molecule has 2 atom stereocenters. The number of rotatable bonds is 2. The molecule has 1 saturated heterocycles. The molecule has 2 N–H and O–H groups in total. The van der Waals surface area contributed by atoms with Gasteiger partial charge in [-0.3, -0.25) is 0 Å². The topological polar surface area (TPSA) is 45.2 Å². The van der Waals surface area contributed by atoms with Crippen LogP contribution in [0.2, 0.25) is 0 Å². The Morgan fingerprint density at radius 1 is 1.64 bits per heavy atom. The first-order valence-corrected chi connectivity index (χ1v) is 6.46. The molecular formula is C9H13BrN2OS. The maximum Gasteiger partial charge on any atom is 0.122 e. The number of aliphatic hydroxyl groups is 1. The highest BCUT2D eigenvalue weighted by Crippen LogP contribution is 2.30. The molecule has 1 aliphatic heterocycles. The maximum atomic E-state index is 10.1. The molecule has 0 spiro atoms. The van der Waals surface area contributed by atoms with Crippen LogP contribution in [0.4, 0.5) is 0 Å². The van der Waals surface area contributed by atoms with E-state index in [-0.39, 0.29) is 6.04 Å². The van der Waals surface area contributed by atoms with E-state index in [1.807, 2.05) is 0 Å². The van der Waals surface area contributed by atoms with Crippen molar-refractivity contribution in [3.8, 4) is 0 Å². The zero-order valence-electron chi connectivity index (χ0n) is 7.74. The van der Waals surface area contributed by atoms with Crippen LogP contribution in [0.25, 0.3) is 0 Å².